The Morgan fingerprint density at radius 2 is 1.75 bits per heavy atom. The number of amides is 3. The predicted molar refractivity (Wildman–Crippen MR) is 70.5 cm³/mol. The van der Waals surface area contributed by atoms with E-state index in [1.165, 1.54) is 6.92 Å². The first-order valence-corrected chi connectivity index (χ1v) is 6.38. The Balaban J connectivity index is 4.40. The second kappa shape index (κ2) is 8.89. The van der Waals surface area contributed by atoms with E-state index in [1.54, 1.807) is 0 Å². The Hall–Kier alpha value is -2.12. The molecular formula is C12H21N3O5. The maximum atomic E-state index is 11.8. The van der Waals surface area contributed by atoms with Crippen molar-refractivity contribution in [2.45, 2.75) is 51.6 Å². The molecule has 5 N–H and O–H groups in total. The largest absolute Gasteiger partial charge is 0.481 e. The second-order valence-electron chi connectivity index (χ2n) is 4.44. The van der Waals surface area contributed by atoms with E-state index in [0.29, 0.717) is 12.8 Å². The summed E-state index contributed by atoms with van der Waals surface area (Å²) >= 11 is 0. The number of carboxylic acid groups (broad SMARTS) is 1. The first-order valence-electron chi connectivity index (χ1n) is 6.38. The van der Waals surface area contributed by atoms with E-state index in [2.05, 4.69) is 10.6 Å². The summed E-state index contributed by atoms with van der Waals surface area (Å²) in [5.74, 6) is -2.75. The smallest absolute Gasteiger partial charge is 0.303 e. The van der Waals surface area contributed by atoms with Crippen LogP contribution in [0.1, 0.15) is 39.5 Å². The van der Waals surface area contributed by atoms with Gasteiger partial charge in [0, 0.05) is 12.8 Å². The van der Waals surface area contributed by atoms with Crippen molar-refractivity contribution in [3.8, 4) is 0 Å². The average Bonchev–Trinajstić information content (AvgIpc) is 2.33. The molecule has 0 heterocycles. The summed E-state index contributed by atoms with van der Waals surface area (Å²) in [4.78, 5) is 44.7. The van der Waals surface area contributed by atoms with Gasteiger partial charge >= 0.3 is 5.97 Å². The third-order valence-electron chi connectivity index (χ3n) is 2.55. The van der Waals surface area contributed by atoms with Crippen molar-refractivity contribution in [2.24, 2.45) is 5.73 Å². The summed E-state index contributed by atoms with van der Waals surface area (Å²) in [5, 5.41) is 13.3. The summed E-state index contributed by atoms with van der Waals surface area (Å²) in [5.41, 5.74) is 5.09. The molecule has 0 radical (unpaired) electrons. The minimum absolute atomic E-state index is 0.0912. The molecule has 114 valence electrons. The molecule has 0 saturated carbocycles. The standard InChI is InChI=1S/C12H21N3O5/c1-3-4-9(16)14-7(2)12(20)15-8(11(13)19)5-6-10(17)18/h7-8H,3-6H2,1-2H3,(H2,13,19)(H,14,16)(H,15,20)(H,17,18)/t7-,8+/m0/s1. The van der Waals surface area contributed by atoms with Crippen LogP contribution in [0.5, 0.6) is 0 Å². The summed E-state index contributed by atoms with van der Waals surface area (Å²) in [6.07, 6.45) is 0.578. The minimum atomic E-state index is -1.09. The number of carbonyl (C=O) groups is 4. The van der Waals surface area contributed by atoms with E-state index in [0.717, 1.165) is 0 Å². The van der Waals surface area contributed by atoms with Gasteiger partial charge in [-0.25, -0.2) is 0 Å². The van der Waals surface area contributed by atoms with E-state index >= 15 is 0 Å². The normalized spacial score (nSPS) is 13.1. The Morgan fingerprint density at radius 1 is 1.15 bits per heavy atom. The van der Waals surface area contributed by atoms with E-state index in [4.69, 9.17) is 10.8 Å². The molecule has 3 amide bonds. The molecule has 0 aromatic rings. The zero-order valence-corrected chi connectivity index (χ0v) is 11.6. The van der Waals surface area contributed by atoms with Crippen LogP contribution < -0.4 is 16.4 Å². The lowest BCUT2D eigenvalue weighted by Gasteiger charge is -2.18. The number of hydrogen-bond acceptors (Lipinski definition) is 4. The number of nitrogens with two attached hydrogens (primary N) is 1. The highest BCUT2D eigenvalue weighted by molar-refractivity contribution is 5.91. The van der Waals surface area contributed by atoms with E-state index in [1.807, 2.05) is 6.92 Å². The third-order valence-corrected chi connectivity index (χ3v) is 2.55. The van der Waals surface area contributed by atoms with E-state index in [9.17, 15) is 19.2 Å². The van der Waals surface area contributed by atoms with E-state index in [-0.39, 0.29) is 18.7 Å². The Morgan fingerprint density at radius 3 is 2.20 bits per heavy atom. The van der Waals surface area contributed by atoms with Gasteiger partial charge in [0.2, 0.25) is 17.7 Å². The Bertz CT molecular complexity index is 383. The molecule has 0 aliphatic heterocycles. The quantitative estimate of drug-likeness (QED) is 0.436. The van der Waals surface area contributed by atoms with Crippen molar-refractivity contribution in [1.29, 1.82) is 0 Å². The van der Waals surface area contributed by atoms with Crippen LogP contribution in [0.4, 0.5) is 0 Å². The molecule has 0 bridgehead atoms. The molecule has 0 unspecified atom stereocenters. The number of rotatable bonds is 9. The van der Waals surface area contributed by atoms with Crippen LogP contribution in [-0.4, -0.2) is 40.9 Å². The lowest BCUT2D eigenvalue weighted by molar-refractivity contribution is -0.137. The molecule has 0 aromatic carbocycles. The highest BCUT2D eigenvalue weighted by Crippen LogP contribution is 1.98. The molecule has 0 rings (SSSR count). The minimum Gasteiger partial charge on any atom is -0.481 e. The maximum absolute atomic E-state index is 11.8. The summed E-state index contributed by atoms with van der Waals surface area (Å²) in [6, 6.07) is -1.88. The SMILES string of the molecule is CCCC(=O)N[C@@H](C)C(=O)N[C@H](CCC(=O)O)C(N)=O. The Labute approximate surface area is 117 Å². The number of primary amides is 1. The molecule has 8 heteroatoms. The van der Waals surface area contributed by atoms with Gasteiger partial charge in [-0.05, 0) is 19.8 Å². The van der Waals surface area contributed by atoms with Crippen molar-refractivity contribution < 1.29 is 24.3 Å². The number of carboxylic acids is 1. The molecule has 0 spiro atoms. The maximum Gasteiger partial charge on any atom is 0.303 e. The lowest BCUT2D eigenvalue weighted by Crippen LogP contribution is -2.51. The van der Waals surface area contributed by atoms with Crippen LogP contribution in [-0.2, 0) is 19.2 Å². The first-order chi connectivity index (χ1) is 9.27. The lowest BCUT2D eigenvalue weighted by atomic mass is 10.1. The van der Waals surface area contributed by atoms with Gasteiger partial charge in [0.1, 0.15) is 12.1 Å². The van der Waals surface area contributed by atoms with Gasteiger partial charge < -0.3 is 21.5 Å². The van der Waals surface area contributed by atoms with Crippen LogP contribution in [0.2, 0.25) is 0 Å². The van der Waals surface area contributed by atoms with Crippen molar-refractivity contribution in [2.75, 3.05) is 0 Å². The molecule has 0 aliphatic rings. The van der Waals surface area contributed by atoms with Crippen LogP contribution in [0, 0.1) is 0 Å². The predicted octanol–water partition coefficient (Wildman–Crippen LogP) is -0.874. The Kier molecular flexibility index (Phi) is 7.95. The molecule has 0 aromatic heterocycles. The monoisotopic (exact) mass is 287 g/mol. The fourth-order valence-corrected chi connectivity index (χ4v) is 1.46. The van der Waals surface area contributed by atoms with Gasteiger partial charge in [0.25, 0.3) is 0 Å². The van der Waals surface area contributed by atoms with Crippen LogP contribution in [0.15, 0.2) is 0 Å². The second-order valence-corrected chi connectivity index (χ2v) is 4.44. The van der Waals surface area contributed by atoms with Crippen molar-refractivity contribution in [3.63, 3.8) is 0 Å². The number of nitrogens with one attached hydrogen (secondary N) is 2. The zero-order chi connectivity index (χ0) is 15.7. The molecule has 0 saturated heterocycles. The fraction of sp³-hybridized carbons (Fsp3) is 0.667. The van der Waals surface area contributed by atoms with Crippen LogP contribution >= 0.6 is 0 Å². The highest BCUT2D eigenvalue weighted by atomic mass is 16.4. The highest BCUT2D eigenvalue weighted by Gasteiger charge is 2.22. The van der Waals surface area contributed by atoms with Gasteiger partial charge in [-0.3, -0.25) is 19.2 Å². The zero-order valence-electron chi connectivity index (χ0n) is 11.6. The summed E-state index contributed by atoms with van der Waals surface area (Å²) < 4.78 is 0. The molecule has 2 atom stereocenters. The molecular weight excluding hydrogens is 266 g/mol. The van der Waals surface area contributed by atoms with Crippen LogP contribution in [0.3, 0.4) is 0 Å². The number of carbonyl (C=O) groups excluding carboxylic acids is 3. The topological polar surface area (TPSA) is 139 Å². The number of hydrogen-bond donors (Lipinski definition) is 4. The molecule has 20 heavy (non-hydrogen) atoms. The van der Waals surface area contributed by atoms with Gasteiger partial charge in [0.05, 0.1) is 0 Å². The number of aliphatic carboxylic acids is 1. The van der Waals surface area contributed by atoms with Crippen molar-refractivity contribution in [3.05, 3.63) is 0 Å². The van der Waals surface area contributed by atoms with Crippen molar-refractivity contribution >= 4 is 23.7 Å². The average molecular weight is 287 g/mol. The summed E-state index contributed by atoms with van der Waals surface area (Å²) in [7, 11) is 0. The van der Waals surface area contributed by atoms with Crippen molar-refractivity contribution in [1.82, 2.24) is 10.6 Å². The fourth-order valence-electron chi connectivity index (χ4n) is 1.46. The van der Waals surface area contributed by atoms with Gasteiger partial charge in [-0.2, -0.15) is 0 Å². The molecule has 8 nitrogen and oxygen atoms in total. The third kappa shape index (κ3) is 7.34. The van der Waals surface area contributed by atoms with Gasteiger partial charge in [-0.15, -0.1) is 0 Å². The van der Waals surface area contributed by atoms with Gasteiger partial charge in [-0.1, -0.05) is 6.92 Å². The van der Waals surface area contributed by atoms with E-state index < -0.39 is 29.9 Å². The van der Waals surface area contributed by atoms with Crippen LogP contribution in [0.25, 0.3) is 0 Å². The summed E-state index contributed by atoms with van der Waals surface area (Å²) in [6.45, 7) is 3.30. The van der Waals surface area contributed by atoms with Gasteiger partial charge in [0.15, 0.2) is 0 Å². The molecule has 0 aliphatic carbocycles. The first kappa shape index (κ1) is 17.9. The molecule has 0 fully saturated rings.